The highest BCUT2D eigenvalue weighted by molar-refractivity contribution is 5.83. The fourth-order valence-corrected chi connectivity index (χ4v) is 3.97. The van der Waals surface area contributed by atoms with Crippen molar-refractivity contribution in [3.63, 3.8) is 0 Å². The lowest BCUT2D eigenvalue weighted by Crippen LogP contribution is -2.53. The molecule has 0 aromatic carbocycles. The van der Waals surface area contributed by atoms with E-state index in [1.807, 2.05) is 0 Å². The molecular formula is C14H23NO2. The minimum Gasteiger partial charge on any atom is -0.377 e. The van der Waals surface area contributed by atoms with Gasteiger partial charge in [-0.25, -0.2) is 0 Å². The van der Waals surface area contributed by atoms with E-state index in [-0.39, 0.29) is 12.1 Å². The van der Waals surface area contributed by atoms with E-state index in [1.54, 1.807) is 0 Å². The van der Waals surface area contributed by atoms with Crippen LogP contribution in [0.25, 0.3) is 0 Å². The number of hydrogen-bond donors (Lipinski definition) is 0. The largest absolute Gasteiger partial charge is 0.377 e. The minimum absolute atomic E-state index is 0.258. The minimum atomic E-state index is 0.258. The predicted octanol–water partition coefficient (Wildman–Crippen LogP) is 2.06. The first-order valence-corrected chi connectivity index (χ1v) is 7.10. The molecule has 4 unspecified atom stereocenters. The molecule has 1 amide bonds. The number of hydrogen-bond acceptors (Lipinski definition) is 2. The Labute approximate surface area is 104 Å². The van der Waals surface area contributed by atoms with Gasteiger partial charge in [0, 0.05) is 5.92 Å². The van der Waals surface area contributed by atoms with Crippen LogP contribution >= 0.6 is 0 Å². The third kappa shape index (κ3) is 1.88. The lowest BCUT2D eigenvalue weighted by Gasteiger charge is -2.39. The van der Waals surface area contributed by atoms with Gasteiger partial charge in [-0.3, -0.25) is 4.79 Å². The maximum Gasteiger partial charge on any atom is 0.226 e. The predicted molar refractivity (Wildman–Crippen MR) is 65.5 cm³/mol. The third-order valence-corrected chi connectivity index (χ3v) is 4.86. The van der Waals surface area contributed by atoms with Crippen LogP contribution in [0.3, 0.4) is 0 Å². The molecule has 0 N–H and O–H groups in total. The Morgan fingerprint density at radius 2 is 1.59 bits per heavy atom. The lowest BCUT2D eigenvalue weighted by atomic mass is 10.0. The number of nitrogens with zero attached hydrogens (tertiary/aromatic N) is 1. The molecule has 0 bridgehead atoms. The fourth-order valence-electron chi connectivity index (χ4n) is 3.97. The quantitative estimate of drug-likeness (QED) is 0.698. The lowest BCUT2D eigenvalue weighted by molar-refractivity contribution is -0.146. The molecule has 3 fully saturated rings. The zero-order valence-electron chi connectivity index (χ0n) is 10.9. The van der Waals surface area contributed by atoms with Gasteiger partial charge in [0.2, 0.25) is 5.91 Å². The van der Waals surface area contributed by atoms with Gasteiger partial charge in [-0.1, -0.05) is 12.8 Å². The Kier molecular flexibility index (Phi) is 2.89. The molecule has 2 aliphatic carbocycles. The van der Waals surface area contributed by atoms with Crippen molar-refractivity contribution in [2.24, 2.45) is 17.8 Å². The topological polar surface area (TPSA) is 29.5 Å². The van der Waals surface area contributed by atoms with Crippen molar-refractivity contribution in [2.75, 3.05) is 13.2 Å². The molecule has 1 saturated heterocycles. The van der Waals surface area contributed by atoms with E-state index in [0.717, 1.165) is 11.8 Å². The summed E-state index contributed by atoms with van der Waals surface area (Å²) in [7, 11) is 0. The van der Waals surface area contributed by atoms with Crippen LogP contribution in [-0.4, -0.2) is 36.1 Å². The van der Waals surface area contributed by atoms with E-state index < -0.39 is 0 Å². The van der Waals surface area contributed by atoms with Gasteiger partial charge in [-0.05, 0) is 38.5 Å². The van der Waals surface area contributed by atoms with Crippen LogP contribution in [0.1, 0.15) is 39.5 Å². The van der Waals surface area contributed by atoms with Crippen molar-refractivity contribution in [1.82, 2.24) is 4.90 Å². The summed E-state index contributed by atoms with van der Waals surface area (Å²) in [6, 6.07) is 0.516. The summed E-state index contributed by atoms with van der Waals surface area (Å²) in [5.41, 5.74) is 0. The molecular weight excluding hydrogens is 214 g/mol. The van der Waals surface area contributed by atoms with Gasteiger partial charge in [-0.2, -0.15) is 0 Å². The van der Waals surface area contributed by atoms with Crippen molar-refractivity contribution in [3.05, 3.63) is 0 Å². The molecule has 96 valence electrons. The Morgan fingerprint density at radius 1 is 1.06 bits per heavy atom. The summed E-state index contributed by atoms with van der Waals surface area (Å²) in [4.78, 5) is 14.7. The van der Waals surface area contributed by atoms with Gasteiger partial charge in [0.1, 0.15) is 0 Å². The highest BCUT2D eigenvalue weighted by Gasteiger charge is 2.56. The molecule has 1 heterocycles. The van der Waals surface area contributed by atoms with Crippen molar-refractivity contribution in [2.45, 2.75) is 51.6 Å². The first-order valence-electron chi connectivity index (χ1n) is 7.10. The zero-order chi connectivity index (χ0) is 12.0. The van der Waals surface area contributed by atoms with E-state index >= 15 is 0 Å². The van der Waals surface area contributed by atoms with E-state index in [2.05, 4.69) is 18.7 Å². The Morgan fingerprint density at radius 3 is 2.12 bits per heavy atom. The number of morpholine rings is 1. The van der Waals surface area contributed by atoms with Gasteiger partial charge >= 0.3 is 0 Å². The summed E-state index contributed by atoms with van der Waals surface area (Å²) < 4.78 is 5.50. The highest BCUT2D eigenvalue weighted by atomic mass is 16.5. The Balaban J connectivity index is 1.69. The van der Waals surface area contributed by atoms with Crippen molar-refractivity contribution in [3.8, 4) is 0 Å². The summed E-state index contributed by atoms with van der Waals surface area (Å²) in [5, 5.41) is 0. The number of amides is 1. The molecule has 0 aromatic heterocycles. The number of carbonyl (C=O) groups excluding carboxylic acids is 1. The van der Waals surface area contributed by atoms with E-state index in [4.69, 9.17) is 4.74 Å². The molecule has 2 saturated carbocycles. The summed E-state index contributed by atoms with van der Waals surface area (Å²) in [5.74, 6) is 2.22. The van der Waals surface area contributed by atoms with Crippen molar-refractivity contribution >= 4 is 5.91 Å². The van der Waals surface area contributed by atoms with Crippen LogP contribution in [0.4, 0.5) is 0 Å². The molecule has 3 rings (SSSR count). The molecule has 0 aromatic rings. The van der Waals surface area contributed by atoms with E-state index in [0.29, 0.717) is 25.0 Å². The van der Waals surface area contributed by atoms with Crippen molar-refractivity contribution < 1.29 is 9.53 Å². The molecule has 3 nitrogen and oxygen atoms in total. The van der Waals surface area contributed by atoms with Crippen LogP contribution in [0.2, 0.25) is 0 Å². The number of rotatable bonds is 1. The Bertz CT molecular complexity index is 295. The van der Waals surface area contributed by atoms with Crippen LogP contribution in [-0.2, 0) is 9.53 Å². The monoisotopic (exact) mass is 237 g/mol. The second-order valence-corrected chi connectivity index (χ2v) is 6.12. The second kappa shape index (κ2) is 4.27. The smallest absolute Gasteiger partial charge is 0.226 e. The molecule has 17 heavy (non-hydrogen) atoms. The maximum atomic E-state index is 12.6. The fraction of sp³-hybridized carbons (Fsp3) is 0.929. The molecule has 1 aliphatic heterocycles. The highest BCUT2D eigenvalue weighted by Crippen LogP contribution is 2.56. The molecule has 0 radical (unpaired) electrons. The van der Waals surface area contributed by atoms with Crippen molar-refractivity contribution in [1.29, 1.82) is 0 Å². The van der Waals surface area contributed by atoms with Gasteiger partial charge in [-0.15, -0.1) is 0 Å². The van der Waals surface area contributed by atoms with Gasteiger partial charge in [0.05, 0.1) is 25.3 Å². The summed E-state index contributed by atoms with van der Waals surface area (Å²) in [6.07, 6.45) is 5.24. The van der Waals surface area contributed by atoms with Crippen LogP contribution in [0.15, 0.2) is 0 Å². The first kappa shape index (κ1) is 11.5. The average Bonchev–Trinajstić information content (AvgIpc) is 3.02. The van der Waals surface area contributed by atoms with Gasteiger partial charge in [0.15, 0.2) is 0 Å². The average molecular weight is 237 g/mol. The number of fused-ring (bicyclic) bond motifs is 1. The standard InChI is InChI=1S/C14H23NO2/c1-9-7-17-8-10(2)15(9)14(16)13-11-5-3-4-6-12(11)13/h9-13H,3-8H2,1-2H3. The zero-order valence-corrected chi connectivity index (χ0v) is 10.9. The van der Waals surface area contributed by atoms with Crippen LogP contribution in [0.5, 0.6) is 0 Å². The van der Waals surface area contributed by atoms with Crippen LogP contribution in [0, 0.1) is 17.8 Å². The molecule has 4 atom stereocenters. The third-order valence-electron chi connectivity index (χ3n) is 4.86. The van der Waals surface area contributed by atoms with E-state index in [1.165, 1.54) is 25.7 Å². The van der Waals surface area contributed by atoms with Crippen LogP contribution < -0.4 is 0 Å². The maximum absolute atomic E-state index is 12.6. The molecule has 3 aliphatic rings. The SMILES string of the molecule is CC1COCC(C)N1C(=O)C1C2CCCCC21. The molecule has 0 spiro atoms. The van der Waals surface area contributed by atoms with Gasteiger partial charge in [0.25, 0.3) is 0 Å². The van der Waals surface area contributed by atoms with Gasteiger partial charge < -0.3 is 9.64 Å². The normalized spacial score (nSPS) is 45.3. The second-order valence-electron chi connectivity index (χ2n) is 6.12. The first-order chi connectivity index (χ1) is 8.20. The summed E-state index contributed by atoms with van der Waals surface area (Å²) >= 11 is 0. The Hall–Kier alpha value is -0.570. The number of carbonyl (C=O) groups is 1. The van der Waals surface area contributed by atoms with E-state index in [9.17, 15) is 4.79 Å². The molecule has 3 heteroatoms. The summed E-state index contributed by atoms with van der Waals surface area (Å²) in [6.45, 7) is 5.63. The number of ether oxygens (including phenoxy) is 1.